The van der Waals surface area contributed by atoms with Crippen LogP contribution < -0.4 is 11.1 Å². The van der Waals surface area contributed by atoms with Gasteiger partial charge >= 0.3 is 0 Å². The Bertz CT molecular complexity index is 1120. The van der Waals surface area contributed by atoms with E-state index in [1.165, 1.54) is 18.3 Å². The Hall–Kier alpha value is -2.66. The number of hydrogen-bond donors (Lipinski definition) is 3. The molecule has 2 aliphatic rings. The predicted octanol–water partition coefficient (Wildman–Crippen LogP) is 3.58. The summed E-state index contributed by atoms with van der Waals surface area (Å²) >= 11 is 0. The lowest BCUT2D eigenvalue weighted by atomic mass is 9.85. The number of aromatic nitrogens is 1. The lowest BCUT2D eigenvalue weighted by Gasteiger charge is -2.51. The SMILES string of the molecule is CCc1cc(N)c(N=CC2(C)O[C@]3(O)CCO[C@H]23)nc1NCc1c(F)cc(CCCN(C)C)cc1F. The number of fused-ring (bicyclic) bond motifs is 1. The van der Waals surface area contributed by atoms with Gasteiger partial charge in [-0.1, -0.05) is 6.92 Å². The molecular weight excluding hydrogens is 468 g/mol. The molecular formula is C26H35F2N5O3. The molecule has 1 aromatic heterocycles. The van der Waals surface area contributed by atoms with Gasteiger partial charge in [0.05, 0.1) is 12.3 Å². The molecule has 0 bridgehead atoms. The minimum absolute atomic E-state index is 0.0508. The Labute approximate surface area is 210 Å². The molecule has 4 N–H and O–H groups in total. The van der Waals surface area contributed by atoms with E-state index >= 15 is 0 Å². The monoisotopic (exact) mass is 503 g/mol. The van der Waals surface area contributed by atoms with Gasteiger partial charge in [0.25, 0.3) is 0 Å². The lowest BCUT2D eigenvalue weighted by molar-refractivity contribution is -0.375. The Balaban J connectivity index is 1.48. The standard InChI is InChI=1S/C26H35F2N5O3/c1-5-17-13-21(29)23(31-15-25(2)24-26(34,36-25)8-10-35-24)32-22(17)30-14-18-19(27)11-16(12-20(18)28)7-6-9-33(3)4/h11-13,15,24,34H,5-10,14,29H2,1-4H3,(H,30,32)/t24-,25?,26-/m1/s1. The summed E-state index contributed by atoms with van der Waals surface area (Å²) in [4.78, 5) is 11.0. The molecule has 3 atom stereocenters. The first kappa shape index (κ1) is 26.4. The van der Waals surface area contributed by atoms with Gasteiger partial charge in [0.15, 0.2) is 11.6 Å². The average Bonchev–Trinajstić information content (AvgIpc) is 3.13. The second kappa shape index (κ2) is 10.4. The average molecular weight is 504 g/mol. The number of nitrogens with one attached hydrogen (secondary N) is 1. The molecule has 10 heteroatoms. The molecule has 4 rings (SSSR count). The van der Waals surface area contributed by atoms with Crippen LogP contribution in [-0.2, 0) is 28.9 Å². The van der Waals surface area contributed by atoms with E-state index in [0.29, 0.717) is 42.9 Å². The summed E-state index contributed by atoms with van der Waals surface area (Å²) < 4.78 is 40.8. The Morgan fingerprint density at radius 3 is 2.67 bits per heavy atom. The van der Waals surface area contributed by atoms with E-state index in [2.05, 4.69) is 15.3 Å². The van der Waals surface area contributed by atoms with Crippen LogP contribution in [0.1, 0.15) is 43.4 Å². The van der Waals surface area contributed by atoms with E-state index in [1.807, 2.05) is 25.9 Å². The molecule has 2 saturated heterocycles. The van der Waals surface area contributed by atoms with Gasteiger partial charge in [-0.3, -0.25) is 0 Å². The number of nitrogen functional groups attached to an aromatic ring is 1. The summed E-state index contributed by atoms with van der Waals surface area (Å²) in [5, 5.41) is 13.4. The fraction of sp³-hybridized carbons (Fsp3) is 0.538. The van der Waals surface area contributed by atoms with Gasteiger partial charge in [-0.15, -0.1) is 0 Å². The molecule has 1 aromatic carbocycles. The van der Waals surface area contributed by atoms with Crippen LogP contribution in [0.25, 0.3) is 0 Å². The van der Waals surface area contributed by atoms with E-state index in [-0.39, 0.29) is 17.9 Å². The van der Waals surface area contributed by atoms with E-state index < -0.39 is 29.1 Å². The van der Waals surface area contributed by atoms with Crippen LogP contribution in [-0.4, -0.2) is 65.9 Å². The summed E-state index contributed by atoms with van der Waals surface area (Å²) in [5.41, 5.74) is 7.01. The number of ether oxygens (including phenoxy) is 2. The maximum absolute atomic E-state index is 14.8. The first-order chi connectivity index (χ1) is 17.0. The highest BCUT2D eigenvalue weighted by molar-refractivity contribution is 5.77. The van der Waals surface area contributed by atoms with Crippen molar-refractivity contribution in [3.05, 3.63) is 46.5 Å². The molecule has 0 radical (unpaired) electrons. The largest absolute Gasteiger partial charge is 0.396 e. The number of aryl methyl sites for hydroxylation is 2. The summed E-state index contributed by atoms with van der Waals surface area (Å²) in [6.07, 6.45) is 3.46. The highest BCUT2D eigenvalue weighted by atomic mass is 19.1. The molecule has 36 heavy (non-hydrogen) atoms. The minimum Gasteiger partial charge on any atom is -0.396 e. The molecule has 0 aliphatic carbocycles. The van der Waals surface area contributed by atoms with Crippen molar-refractivity contribution >= 4 is 23.5 Å². The van der Waals surface area contributed by atoms with E-state index in [9.17, 15) is 13.9 Å². The second-order valence-electron chi connectivity index (χ2n) is 9.95. The number of benzene rings is 1. The highest BCUT2D eigenvalue weighted by Crippen LogP contribution is 2.47. The Morgan fingerprint density at radius 1 is 1.31 bits per heavy atom. The third-order valence-electron chi connectivity index (χ3n) is 6.71. The van der Waals surface area contributed by atoms with Crippen molar-refractivity contribution in [2.24, 2.45) is 4.99 Å². The van der Waals surface area contributed by atoms with Gasteiger partial charge in [0.1, 0.15) is 29.2 Å². The summed E-state index contributed by atoms with van der Waals surface area (Å²) in [7, 11) is 3.93. The zero-order chi connectivity index (χ0) is 26.1. The topological polar surface area (TPSA) is 105 Å². The number of anilines is 2. The Kier molecular flexibility index (Phi) is 7.61. The van der Waals surface area contributed by atoms with Gasteiger partial charge < -0.3 is 30.5 Å². The molecule has 8 nitrogen and oxygen atoms in total. The number of hydrogen-bond acceptors (Lipinski definition) is 8. The van der Waals surface area contributed by atoms with E-state index in [1.54, 1.807) is 13.0 Å². The van der Waals surface area contributed by atoms with Crippen molar-refractivity contribution < 1.29 is 23.4 Å². The van der Waals surface area contributed by atoms with Gasteiger partial charge in [0.2, 0.25) is 0 Å². The number of aliphatic hydroxyl groups is 1. The van der Waals surface area contributed by atoms with Crippen LogP contribution in [0.5, 0.6) is 0 Å². The fourth-order valence-electron chi connectivity index (χ4n) is 4.79. The molecule has 196 valence electrons. The fourth-order valence-corrected chi connectivity index (χ4v) is 4.79. The Morgan fingerprint density at radius 2 is 2.03 bits per heavy atom. The zero-order valence-corrected chi connectivity index (χ0v) is 21.3. The quantitative estimate of drug-likeness (QED) is 0.426. The van der Waals surface area contributed by atoms with Crippen LogP contribution in [0, 0.1) is 11.6 Å². The number of rotatable bonds is 10. The smallest absolute Gasteiger partial charge is 0.198 e. The number of halogens is 2. The van der Waals surface area contributed by atoms with Crippen molar-refractivity contribution in [1.82, 2.24) is 9.88 Å². The maximum atomic E-state index is 14.8. The van der Waals surface area contributed by atoms with Crippen LogP contribution >= 0.6 is 0 Å². The van der Waals surface area contributed by atoms with Crippen molar-refractivity contribution in [3.63, 3.8) is 0 Å². The lowest BCUT2D eigenvalue weighted by Crippen LogP contribution is -2.70. The molecule has 2 aromatic rings. The van der Waals surface area contributed by atoms with Crippen molar-refractivity contribution in [2.75, 3.05) is 38.3 Å². The highest BCUT2D eigenvalue weighted by Gasteiger charge is 2.65. The number of nitrogens with zero attached hydrogens (tertiary/aromatic N) is 3. The third-order valence-corrected chi connectivity index (χ3v) is 6.71. The molecule has 0 saturated carbocycles. The zero-order valence-electron chi connectivity index (χ0n) is 21.3. The van der Waals surface area contributed by atoms with Gasteiger partial charge in [-0.2, -0.15) is 0 Å². The third kappa shape index (κ3) is 5.36. The second-order valence-corrected chi connectivity index (χ2v) is 9.95. The van der Waals surface area contributed by atoms with Crippen LogP contribution in [0.4, 0.5) is 26.1 Å². The van der Waals surface area contributed by atoms with Gasteiger partial charge in [0, 0.05) is 24.7 Å². The maximum Gasteiger partial charge on any atom is 0.198 e. The van der Waals surface area contributed by atoms with Crippen molar-refractivity contribution in [3.8, 4) is 0 Å². The summed E-state index contributed by atoms with van der Waals surface area (Å²) in [6.45, 7) is 4.89. The predicted molar refractivity (Wildman–Crippen MR) is 136 cm³/mol. The summed E-state index contributed by atoms with van der Waals surface area (Å²) in [6, 6.07) is 4.54. The number of aliphatic imine (C=N–C) groups is 1. The van der Waals surface area contributed by atoms with E-state index in [4.69, 9.17) is 15.2 Å². The van der Waals surface area contributed by atoms with Gasteiger partial charge in [-0.25, -0.2) is 18.8 Å². The van der Waals surface area contributed by atoms with Crippen molar-refractivity contribution in [2.45, 2.75) is 63.6 Å². The number of nitrogens with two attached hydrogens (primary N) is 1. The normalized spacial score (nSPS) is 25.4. The molecule has 2 aliphatic heterocycles. The van der Waals surface area contributed by atoms with E-state index in [0.717, 1.165) is 18.5 Å². The van der Waals surface area contributed by atoms with Crippen LogP contribution in [0.15, 0.2) is 23.2 Å². The van der Waals surface area contributed by atoms with Crippen LogP contribution in [0.3, 0.4) is 0 Å². The first-order valence-electron chi connectivity index (χ1n) is 12.3. The van der Waals surface area contributed by atoms with Crippen LogP contribution in [0.2, 0.25) is 0 Å². The van der Waals surface area contributed by atoms with Gasteiger partial charge in [-0.05, 0) is 76.2 Å². The molecule has 1 unspecified atom stereocenters. The molecule has 2 fully saturated rings. The van der Waals surface area contributed by atoms with Crippen molar-refractivity contribution in [1.29, 1.82) is 0 Å². The summed E-state index contributed by atoms with van der Waals surface area (Å²) in [5.74, 6) is -1.78. The molecule has 0 spiro atoms. The molecule has 0 amide bonds. The number of pyridine rings is 1. The first-order valence-corrected chi connectivity index (χ1v) is 12.3. The minimum atomic E-state index is -1.28. The molecule has 3 heterocycles.